The second kappa shape index (κ2) is 7.63. The number of thiazole rings is 1. The van der Waals surface area contributed by atoms with Crippen LogP contribution in [0.15, 0.2) is 12.3 Å². The first kappa shape index (κ1) is 17.4. The molecular weight excluding hydrogens is 322 g/mol. The Hall–Kier alpha value is -1.44. The second-order valence-corrected chi connectivity index (χ2v) is 7.71. The average molecular weight is 350 g/mol. The summed E-state index contributed by atoms with van der Waals surface area (Å²) in [6.45, 7) is 6.05. The van der Waals surface area contributed by atoms with Crippen molar-refractivity contribution in [2.75, 3.05) is 38.7 Å². The maximum absolute atomic E-state index is 9.16. The van der Waals surface area contributed by atoms with Crippen LogP contribution >= 0.6 is 11.3 Å². The molecule has 0 amide bonds. The monoisotopic (exact) mass is 349 g/mol. The zero-order valence-corrected chi connectivity index (χ0v) is 15.6. The Labute approximate surface area is 147 Å². The third-order valence-electron chi connectivity index (χ3n) is 4.70. The molecule has 24 heavy (non-hydrogen) atoms. The molecule has 0 atom stereocenters. The van der Waals surface area contributed by atoms with E-state index < -0.39 is 0 Å². The SMILES string of the molecule is Cc1nc(N(C)C)sc1CN1CCC(c2ccnn2CCO)CC1. The predicted molar refractivity (Wildman–Crippen MR) is 97.7 cm³/mol. The van der Waals surface area contributed by atoms with Crippen molar-refractivity contribution in [3.8, 4) is 0 Å². The van der Waals surface area contributed by atoms with Gasteiger partial charge in [0.2, 0.25) is 0 Å². The first-order valence-corrected chi connectivity index (χ1v) is 9.38. The van der Waals surface area contributed by atoms with Gasteiger partial charge in [0.15, 0.2) is 5.13 Å². The third-order valence-corrected chi connectivity index (χ3v) is 6.01. The van der Waals surface area contributed by atoms with Crippen LogP contribution in [0.4, 0.5) is 5.13 Å². The first-order chi connectivity index (χ1) is 11.6. The molecule has 0 aromatic carbocycles. The fourth-order valence-corrected chi connectivity index (χ4v) is 4.34. The quantitative estimate of drug-likeness (QED) is 0.865. The topological polar surface area (TPSA) is 57.4 Å². The Bertz CT molecular complexity index is 658. The fourth-order valence-electron chi connectivity index (χ4n) is 3.31. The summed E-state index contributed by atoms with van der Waals surface area (Å²) >= 11 is 1.80. The maximum Gasteiger partial charge on any atom is 0.185 e. The van der Waals surface area contributed by atoms with Crippen LogP contribution in [0, 0.1) is 6.92 Å². The molecule has 0 saturated carbocycles. The molecule has 3 heterocycles. The maximum atomic E-state index is 9.16. The van der Waals surface area contributed by atoms with Crippen LogP contribution in [0.25, 0.3) is 0 Å². The third kappa shape index (κ3) is 3.79. The number of anilines is 1. The molecule has 132 valence electrons. The van der Waals surface area contributed by atoms with Crippen LogP contribution in [-0.4, -0.2) is 58.6 Å². The number of aliphatic hydroxyl groups excluding tert-OH is 1. The number of hydrogen-bond acceptors (Lipinski definition) is 6. The molecule has 1 N–H and O–H groups in total. The van der Waals surface area contributed by atoms with Crippen LogP contribution in [0.3, 0.4) is 0 Å². The normalized spacial score (nSPS) is 16.7. The number of nitrogens with zero attached hydrogens (tertiary/aromatic N) is 5. The van der Waals surface area contributed by atoms with Gasteiger partial charge in [-0.1, -0.05) is 0 Å². The Morgan fingerprint density at radius 3 is 2.71 bits per heavy atom. The molecule has 7 heteroatoms. The molecule has 1 fully saturated rings. The molecule has 0 bridgehead atoms. The summed E-state index contributed by atoms with van der Waals surface area (Å²) in [5, 5.41) is 14.6. The van der Waals surface area contributed by atoms with Gasteiger partial charge in [0.05, 0.1) is 18.8 Å². The lowest BCUT2D eigenvalue weighted by atomic mass is 9.93. The van der Waals surface area contributed by atoms with Gasteiger partial charge in [0.25, 0.3) is 0 Å². The highest BCUT2D eigenvalue weighted by Crippen LogP contribution is 2.31. The molecule has 0 unspecified atom stereocenters. The van der Waals surface area contributed by atoms with Crippen LogP contribution in [-0.2, 0) is 13.1 Å². The van der Waals surface area contributed by atoms with E-state index in [-0.39, 0.29) is 6.61 Å². The molecule has 2 aromatic heterocycles. The molecule has 1 aliphatic rings. The lowest BCUT2D eigenvalue weighted by Crippen LogP contribution is -2.33. The summed E-state index contributed by atoms with van der Waals surface area (Å²) in [6, 6.07) is 2.10. The summed E-state index contributed by atoms with van der Waals surface area (Å²) in [5.74, 6) is 0.551. The number of aryl methyl sites for hydroxylation is 1. The van der Waals surface area contributed by atoms with Gasteiger partial charge >= 0.3 is 0 Å². The highest BCUT2D eigenvalue weighted by Gasteiger charge is 2.24. The van der Waals surface area contributed by atoms with E-state index in [1.54, 1.807) is 11.3 Å². The number of likely N-dealkylation sites (tertiary alicyclic amines) is 1. The highest BCUT2D eigenvalue weighted by molar-refractivity contribution is 7.15. The molecule has 2 aromatic rings. The number of aromatic nitrogens is 3. The van der Waals surface area contributed by atoms with Crippen molar-refractivity contribution in [1.29, 1.82) is 0 Å². The van der Waals surface area contributed by atoms with Gasteiger partial charge in [-0.05, 0) is 38.9 Å². The van der Waals surface area contributed by atoms with Crippen LogP contribution in [0.5, 0.6) is 0 Å². The Morgan fingerprint density at radius 1 is 1.33 bits per heavy atom. The summed E-state index contributed by atoms with van der Waals surface area (Å²) in [6.07, 6.45) is 4.14. The number of piperidine rings is 1. The van der Waals surface area contributed by atoms with Gasteiger partial charge in [0, 0.05) is 43.3 Å². The second-order valence-electron chi connectivity index (χ2n) is 6.65. The Morgan fingerprint density at radius 2 is 2.08 bits per heavy atom. The minimum absolute atomic E-state index is 0.145. The molecule has 0 radical (unpaired) electrons. The van der Waals surface area contributed by atoms with E-state index in [9.17, 15) is 0 Å². The van der Waals surface area contributed by atoms with Gasteiger partial charge in [-0.25, -0.2) is 4.98 Å². The largest absolute Gasteiger partial charge is 0.394 e. The van der Waals surface area contributed by atoms with Crippen molar-refractivity contribution in [3.05, 3.63) is 28.5 Å². The van der Waals surface area contributed by atoms with E-state index in [1.807, 2.05) is 25.0 Å². The van der Waals surface area contributed by atoms with E-state index in [4.69, 9.17) is 5.11 Å². The van der Waals surface area contributed by atoms with Gasteiger partial charge in [0.1, 0.15) is 0 Å². The molecule has 6 nitrogen and oxygen atoms in total. The molecule has 3 rings (SSSR count). The van der Waals surface area contributed by atoms with Crippen LogP contribution < -0.4 is 4.90 Å². The van der Waals surface area contributed by atoms with Crippen molar-refractivity contribution >= 4 is 16.5 Å². The minimum Gasteiger partial charge on any atom is -0.394 e. The van der Waals surface area contributed by atoms with Gasteiger partial charge in [-0.15, -0.1) is 11.3 Å². The Balaban J connectivity index is 1.58. The average Bonchev–Trinajstić information content (AvgIpc) is 3.16. The van der Waals surface area contributed by atoms with Gasteiger partial charge in [-0.2, -0.15) is 5.10 Å². The van der Waals surface area contributed by atoms with Crippen LogP contribution in [0.2, 0.25) is 0 Å². The van der Waals surface area contributed by atoms with Crippen molar-refractivity contribution < 1.29 is 5.11 Å². The first-order valence-electron chi connectivity index (χ1n) is 8.57. The smallest absolute Gasteiger partial charge is 0.185 e. The van der Waals surface area contributed by atoms with Crippen molar-refractivity contribution in [2.24, 2.45) is 0 Å². The molecule has 1 aliphatic heterocycles. The zero-order chi connectivity index (χ0) is 17.1. The molecule has 0 aliphatic carbocycles. The summed E-state index contributed by atoms with van der Waals surface area (Å²) in [7, 11) is 4.09. The van der Waals surface area contributed by atoms with E-state index >= 15 is 0 Å². The molecular formula is C17H27N5OS. The highest BCUT2D eigenvalue weighted by atomic mass is 32.1. The standard InChI is InChI=1S/C17H27N5OS/c1-13-16(24-17(19-13)20(2)3)12-21-8-5-14(6-9-21)15-4-7-18-22(15)10-11-23/h4,7,14,23H,5-6,8-12H2,1-3H3. The van der Waals surface area contributed by atoms with Crippen molar-refractivity contribution in [2.45, 2.75) is 38.8 Å². The summed E-state index contributed by atoms with van der Waals surface area (Å²) < 4.78 is 1.96. The Kier molecular flexibility index (Phi) is 5.53. The summed E-state index contributed by atoms with van der Waals surface area (Å²) in [4.78, 5) is 10.6. The van der Waals surface area contributed by atoms with E-state index in [0.29, 0.717) is 12.5 Å². The van der Waals surface area contributed by atoms with E-state index in [2.05, 4.69) is 32.9 Å². The summed E-state index contributed by atoms with van der Waals surface area (Å²) in [5.41, 5.74) is 2.43. The lowest BCUT2D eigenvalue weighted by Gasteiger charge is -2.32. The lowest BCUT2D eigenvalue weighted by molar-refractivity contribution is 0.200. The van der Waals surface area contributed by atoms with Gasteiger partial charge in [-0.3, -0.25) is 9.58 Å². The van der Waals surface area contributed by atoms with Crippen molar-refractivity contribution in [1.82, 2.24) is 19.7 Å². The number of aliphatic hydroxyl groups is 1. The zero-order valence-electron chi connectivity index (χ0n) is 14.8. The van der Waals surface area contributed by atoms with Crippen molar-refractivity contribution in [3.63, 3.8) is 0 Å². The molecule has 0 spiro atoms. The minimum atomic E-state index is 0.145. The number of rotatable bonds is 6. The van der Waals surface area contributed by atoms with Gasteiger partial charge < -0.3 is 10.0 Å². The number of hydrogen-bond donors (Lipinski definition) is 1. The van der Waals surface area contributed by atoms with E-state index in [0.717, 1.165) is 43.3 Å². The predicted octanol–water partition coefficient (Wildman–Crippen LogP) is 2.09. The fraction of sp³-hybridized carbons (Fsp3) is 0.647. The van der Waals surface area contributed by atoms with E-state index in [1.165, 1.54) is 10.6 Å². The van der Waals surface area contributed by atoms with Crippen LogP contribution in [0.1, 0.15) is 35.0 Å². The molecule has 1 saturated heterocycles.